The first-order chi connectivity index (χ1) is 6.09. The molecule has 13 heavy (non-hydrogen) atoms. The number of benzene rings is 1. The van der Waals surface area contributed by atoms with E-state index in [0.29, 0.717) is 6.21 Å². The lowest BCUT2D eigenvalue weighted by Crippen LogP contribution is -1.96. The van der Waals surface area contributed by atoms with Crippen LogP contribution >= 0.6 is 0 Å². The topological polar surface area (TPSA) is 92.3 Å². The van der Waals surface area contributed by atoms with Crippen molar-refractivity contribution in [1.82, 2.24) is 0 Å². The van der Waals surface area contributed by atoms with E-state index >= 15 is 0 Å². The van der Waals surface area contributed by atoms with Crippen LogP contribution in [0.2, 0.25) is 0 Å². The fourth-order valence-electron chi connectivity index (χ4n) is 0.840. The van der Waals surface area contributed by atoms with Crippen molar-refractivity contribution < 1.29 is 9.83 Å². The van der Waals surface area contributed by atoms with Crippen LogP contribution in [-0.4, -0.2) is 16.0 Å². The van der Waals surface area contributed by atoms with Gasteiger partial charge in [0.15, 0.2) is 6.21 Å². The zero-order valence-electron chi connectivity index (χ0n) is 6.41. The summed E-state index contributed by atoms with van der Waals surface area (Å²) in [5, 5.41) is 30.3. The minimum Gasteiger partial charge on any atom is -0.612 e. The van der Waals surface area contributed by atoms with Crippen LogP contribution in [0.4, 0.5) is 5.69 Å². The molecule has 0 saturated carbocycles. The van der Waals surface area contributed by atoms with Gasteiger partial charge in [-0.1, -0.05) is 6.07 Å². The van der Waals surface area contributed by atoms with E-state index in [2.05, 4.69) is 0 Å². The second kappa shape index (κ2) is 3.53. The molecule has 0 bridgehead atoms. The molecule has 0 radical (unpaired) electrons. The van der Waals surface area contributed by atoms with E-state index in [0.717, 1.165) is 6.07 Å². The summed E-state index contributed by atoms with van der Waals surface area (Å²) in [5.74, 6) is 0. The third kappa shape index (κ3) is 2.44. The van der Waals surface area contributed by atoms with Gasteiger partial charge in [0.1, 0.15) is 0 Å². The number of non-ortho nitro benzene ring substituents is 1. The van der Waals surface area contributed by atoms with Crippen molar-refractivity contribution >= 4 is 11.9 Å². The standard InChI is InChI=1S/C7H5N2O4/c10-8(11)5-6-2-1-3-7(4-6)9(12)13/h1-5H/q-1. The van der Waals surface area contributed by atoms with Crippen LogP contribution in [0.15, 0.2) is 24.3 Å². The molecule has 0 heterocycles. The van der Waals surface area contributed by atoms with Crippen molar-refractivity contribution in [1.29, 1.82) is 0 Å². The number of nitro benzene ring substituents is 1. The number of hydrogen-bond donors (Lipinski definition) is 0. The molecule has 0 N–H and O–H groups in total. The van der Waals surface area contributed by atoms with Crippen molar-refractivity contribution in [2.45, 2.75) is 0 Å². The van der Waals surface area contributed by atoms with E-state index in [-0.39, 0.29) is 11.3 Å². The zero-order valence-corrected chi connectivity index (χ0v) is 6.41. The Labute approximate surface area is 73.1 Å². The highest BCUT2D eigenvalue weighted by Gasteiger charge is 2.04. The molecule has 0 atom stereocenters. The van der Waals surface area contributed by atoms with Crippen molar-refractivity contribution in [2.75, 3.05) is 0 Å². The number of rotatable bonds is 2. The van der Waals surface area contributed by atoms with Crippen LogP contribution in [0.25, 0.3) is 0 Å². The Hall–Kier alpha value is -2.11. The van der Waals surface area contributed by atoms with E-state index < -0.39 is 9.83 Å². The van der Waals surface area contributed by atoms with Crippen molar-refractivity contribution in [2.24, 2.45) is 0 Å². The minimum absolute atomic E-state index is 0.157. The first kappa shape index (κ1) is 8.98. The summed E-state index contributed by atoms with van der Waals surface area (Å²) in [6.45, 7) is 0. The first-order valence-electron chi connectivity index (χ1n) is 3.32. The van der Waals surface area contributed by atoms with Crippen LogP contribution in [0.5, 0.6) is 0 Å². The lowest BCUT2D eigenvalue weighted by atomic mass is 10.2. The molecule has 0 aliphatic rings. The normalized spacial score (nSPS) is 9.23. The second-order valence-corrected chi connectivity index (χ2v) is 2.27. The summed E-state index contributed by atoms with van der Waals surface area (Å²) >= 11 is 0. The van der Waals surface area contributed by atoms with Gasteiger partial charge in [-0.05, 0) is 6.07 Å². The maximum Gasteiger partial charge on any atom is 0.270 e. The summed E-state index contributed by atoms with van der Waals surface area (Å²) < 4.78 is 0. The van der Waals surface area contributed by atoms with Crippen LogP contribution in [0.3, 0.4) is 0 Å². The van der Waals surface area contributed by atoms with E-state index in [4.69, 9.17) is 0 Å². The highest BCUT2D eigenvalue weighted by atomic mass is 16.8. The van der Waals surface area contributed by atoms with Gasteiger partial charge in [-0.2, -0.15) is 4.90 Å². The molecular weight excluding hydrogens is 176 g/mol. The summed E-state index contributed by atoms with van der Waals surface area (Å²) in [7, 11) is 0. The third-order valence-electron chi connectivity index (χ3n) is 1.34. The lowest BCUT2D eigenvalue weighted by molar-refractivity contribution is -0.385. The van der Waals surface area contributed by atoms with Gasteiger partial charge in [0.05, 0.1) is 4.92 Å². The third-order valence-corrected chi connectivity index (χ3v) is 1.34. The van der Waals surface area contributed by atoms with Crippen LogP contribution in [-0.2, 0) is 0 Å². The largest absolute Gasteiger partial charge is 0.612 e. The molecule has 0 fully saturated rings. The highest BCUT2D eigenvalue weighted by Crippen LogP contribution is 2.11. The Morgan fingerprint density at radius 3 is 2.46 bits per heavy atom. The van der Waals surface area contributed by atoms with Crippen molar-refractivity contribution in [3.63, 3.8) is 0 Å². The molecule has 1 rings (SSSR count). The predicted octanol–water partition coefficient (Wildman–Crippen LogP) is 1.02. The summed E-state index contributed by atoms with van der Waals surface area (Å²) in [6.07, 6.45) is 0.715. The Morgan fingerprint density at radius 1 is 1.23 bits per heavy atom. The van der Waals surface area contributed by atoms with Gasteiger partial charge >= 0.3 is 0 Å². The molecule has 0 unspecified atom stereocenters. The highest BCUT2D eigenvalue weighted by molar-refractivity contribution is 5.76. The molecule has 0 aliphatic carbocycles. The second-order valence-electron chi connectivity index (χ2n) is 2.27. The molecule has 6 heteroatoms. The molecular formula is C7H5N2O4-. The SMILES string of the molecule is O=[N+]([O-])c1cccc(C=[N+]([O-])[O-])c1. The summed E-state index contributed by atoms with van der Waals surface area (Å²) in [4.78, 5) is 9.01. The van der Waals surface area contributed by atoms with E-state index in [1.807, 2.05) is 0 Å². The number of nitrogens with zero attached hydrogens (tertiary/aromatic N) is 2. The summed E-state index contributed by atoms with van der Waals surface area (Å²) in [5.41, 5.74) is 0.0507. The van der Waals surface area contributed by atoms with Crippen molar-refractivity contribution in [3.8, 4) is 0 Å². The van der Waals surface area contributed by atoms with E-state index in [9.17, 15) is 20.5 Å². The van der Waals surface area contributed by atoms with Gasteiger partial charge in [-0.25, -0.2) is 0 Å². The molecule has 6 nitrogen and oxygen atoms in total. The van der Waals surface area contributed by atoms with Gasteiger partial charge in [-0.3, -0.25) is 10.1 Å². The molecule has 0 aromatic heterocycles. The fourth-order valence-corrected chi connectivity index (χ4v) is 0.840. The van der Waals surface area contributed by atoms with Crippen LogP contribution < -0.4 is 0 Å². The van der Waals surface area contributed by atoms with Gasteiger partial charge < -0.3 is 10.4 Å². The first-order valence-corrected chi connectivity index (χ1v) is 3.32. The predicted molar refractivity (Wildman–Crippen MR) is 45.3 cm³/mol. The lowest BCUT2D eigenvalue weighted by Gasteiger charge is -2.01. The average molecular weight is 181 g/mol. The van der Waals surface area contributed by atoms with Gasteiger partial charge in [0.2, 0.25) is 0 Å². The molecule has 1 aromatic rings. The Kier molecular flexibility index (Phi) is 2.44. The van der Waals surface area contributed by atoms with E-state index in [1.54, 1.807) is 0 Å². The summed E-state index contributed by atoms with van der Waals surface area (Å²) in [6, 6.07) is 5.24. The maximum atomic E-state index is 10.3. The van der Waals surface area contributed by atoms with Crippen molar-refractivity contribution in [3.05, 3.63) is 50.4 Å². The average Bonchev–Trinajstić information content (AvgIpc) is 2.03. The smallest absolute Gasteiger partial charge is 0.270 e. The van der Waals surface area contributed by atoms with Crippen LogP contribution in [0.1, 0.15) is 5.56 Å². The van der Waals surface area contributed by atoms with Gasteiger partial charge in [-0.15, -0.1) is 0 Å². The Bertz CT molecular complexity index is 357. The molecule has 0 spiro atoms. The molecule has 0 aliphatic heterocycles. The maximum absolute atomic E-state index is 10.3. The number of hydrogen-bond acceptors (Lipinski definition) is 4. The molecule has 0 amide bonds. The van der Waals surface area contributed by atoms with E-state index in [1.165, 1.54) is 18.2 Å². The Morgan fingerprint density at radius 2 is 1.92 bits per heavy atom. The Balaban J connectivity index is 3.06. The van der Waals surface area contributed by atoms with Crippen LogP contribution in [0, 0.1) is 20.5 Å². The minimum atomic E-state index is -0.654. The quantitative estimate of drug-likeness (QED) is 0.294. The molecule has 68 valence electrons. The number of nitro groups is 1. The zero-order chi connectivity index (χ0) is 9.84. The fraction of sp³-hybridized carbons (Fsp3) is 0. The van der Waals surface area contributed by atoms with Gasteiger partial charge in [0, 0.05) is 17.7 Å². The van der Waals surface area contributed by atoms with Gasteiger partial charge in [0.25, 0.3) is 5.69 Å². The molecule has 0 saturated heterocycles. The monoisotopic (exact) mass is 181 g/mol. The molecule has 1 aromatic carbocycles.